The monoisotopic (exact) mass is 256 g/mol. The number of hydrogen-bond acceptors (Lipinski definition) is 3. The minimum Gasteiger partial charge on any atom is -0.387 e. The Bertz CT molecular complexity index is 282. The van der Waals surface area contributed by atoms with Crippen LogP contribution < -0.4 is 5.32 Å². The summed E-state index contributed by atoms with van der Waals surface area (Å²) in [5.41, 5.74) is -1.10. The highest BCUT2D eigenvalue weighted by Crippen LogP contribution is 2.35. The van der Waals surface area contributed by atoms with Crippen molar-refractivity contribution in [2.75, 3.05) is 27.2 Å². The molecule has 1 rings (SSSR count). The van der Waals surface area contributed by atoms with Crippen LogP contribution in [0.15, 0.2) is 0 Å². The molecule has 18 heavy (non-hydrogen) atoms. The van der Waals surface area contributed by atoms with Gasteiger partial charge in [-0.2, -0.15) is 0 Å². The highest BCUT2D eigenvalue weighted by molar-refractivity contribution is 5.82. The minimum absolute atomic E-state index is 0.0984. The van der Waals surface area contributed by atoms with Crippen LogP contribution in [0.5, 0.6) is 0 Å². The summed E-state index contributed by atoms with van der Waals surface area (Å²) in [5.74, 6) is 0.0984. The number of aliphatic hydroxyl groups is 1. The Morgan fingerprint density at radius 3 is 2.39 bits per heavy atom. The van der Waals surface area contributed by atoms with Crippen LogP contribution in [0.4, 0.5) is 0 Å². The van der Waals surface area contributed by atoms with Crippen molar-refractivity contribution in [3.05, 3.63) is 0 Å². The summed E-state index contributed by atoms with van der Waals surface area (Å²) >= 11 is 0. The lowest BCUT2D eigenvalue weighted by molar-refractivity contribution is -0.133. The van der Waals surface area contributed by atoms with E-state index < -0.39 is 5.60 Å². The van der Waals surface area contributed by atoms with Gasteiger partial charge in [0.15, 0.2) is 0 Å². The van der Waals surface area contributed by atoms with Gasteiger partial charge < -0.3 is 15.3 Å². The van der Waals surface area contributed by atoms with E-state index in [9.17, 15) is 9.90 Å². The second-order valence-electron chi connectivity index (χ2n) is 6.54. The minimum atomic E-state index is -0.871. The summed E-state index contributed by atoms with van der Waals surface area (Å²) in [6.07, 6.45) is 5.44. The smallest absolute Gasteiger partial charge is 0.226 e. The van der Waals surface area contributed by atoms with Gasteiger partial charge in [0.05, 0.1) is 5.60 Å². The molecule has 0 aliphatic heterocycles. The zero-order chi connectivity index (χ0) is 13.8. The molecule has 0 radical (unpaired) electrons. The van der Waals surface area contributed by atoms with Crippen LogP contribution in [0.3, 0.4) is 0 Å². The Kier molecular flexibility index (Phi) is 5.17. The van der Waals surface area contributed by atoms with Crippen molar-refractivity contribution < 1.29 is 9.90 Å². The third-order valence-corrected chi connectivity index (χ3v) is 3.79. The predicted octanol–water partition coefficient (Wildman–Crippen LogP) is 1.39. The molecule has 0 heterocycles. The van der Waals surface area contributed by atoms with E-state index in [4.69, 9.17) is 0 Å². The number of likely N-dealkylation sites (N-methyl/N-ethyl adjacent to an activating group) is 1. The van der Waals surface area contributed by atoms with E-state index in [1.54, 1.807) is 6.92 Å². The lowest BCUT2D eigenvalue weighted by Crippen LogP contribution is -2.50. The Morgan fingerprint density at radius 1 is 1.33 bits per heavy atom. The lowest BCUT2D eigenvalue weighted by Gasteiger charge is -2.34. The van der Waals surface area contributed by atoms with E-state index in [0.717, 1.165) is 25.7 Å². The van der Waals surface area contributed by atoms with Crippen molar-refractivity contribution in [2.24, 2.45) is 5.41 Å². The van der Waals surface area contributed by atoms with Crippen molar-refractivity contribution >= 4 is 5.91 Å². The van der Waals surface area contributed by atoms with Crippen LogP contribution in [-0.4, -0.2) is 48.7 Å². The van der Waals surface area contributed by atoms with Gasteiger partial charge in [0.2, 0.25) is 5.91 Å². The maximum atomic E-state index is 12.2. The Morgan fingerprint density at radius 2 is 1.89 bits per heavy atom. The van der Waals surface area contributed by atoms with Crippen LogP contribution in [0.1, 0.15) is 46.0 Å². The molecule has 1 aliphatic carbocycles. The van der Waals surface area contributed by atoms with Gasteiger partial charge in [-0.1, -0.05) is 26.2 Å². The second-order valence-corrected chi connectivity index (χ2v) is 6.54. The Labute approximate surface area is 111 Å². The zero-order valence-electron chi connectivity index (χ0n) is 12.3. The van der Waals surface area contributed by atoms with E-state index >= 15 is 0 Å². The normalized spacial score (nSPS) is 22.6. The Hall–Kier alpha value is -0.610. The summed E-state index contributed by atoms with van der Waals surface area (Å²) in [4.78, 5) is 14.1. The van der Waals surface area contributed by atoms with E-state index in [0.29, 0.717) is 13.1 Å². The van der Waals surface area contributed by atoms with Crippen LogP contribution in [0.2, 0.25) is 0 Å². The third kappa shape index (κ3) is 4.58. The van der Waals surface area contributed by atoms with Gasteiger partial charge in [-0.25, -0.2) is 0 Å². The van der Waals surface area contributed by atoms with Crippen molar-refractivity contribution in [3.63, 3.8) is 0 Å². The number of nitrogens with one attached hydrogen (secondary N) is 1. The second kappa shape index (κ2) is 6.02. The molecule has 0 aromatic rings. The predicted molar refractivity (Wildman–Crippen MR) is 73.4 cm³/mol. The summed E-state index contributed by atoms with van der Waals surface area (Å²) in [6, 6.07) is 0. The van der Waals surface area contributed by atoms with E-state index in [2.05, 4.69) is 5.32 Å². The molecule has 0 aromatic heterocycles. The van der Waals surface area contributed by atoms with Crippen molar-refractivity contribution in [1.82, 2.24) is 10.2 Å². The molecule has 0 aromatic carbocycles. The Balaban J connectivity index is 2.45. The fourth-order valence-corrected chi connectivity index (χ4v) is 2.78. The van der Waals surface area contributed by atoms with Crippen LogP contribution in [0, 0.1) is 5.41 Å². The molecule has 1 saturated carbocycles. The van der Waals surface area contributed by atoms with Crippen LogP contribution in [0.25, 0.3) is 0 Å². The number of rotatable bonds is 5. The van der Waals surface area contributed by atoms with E-state index in [-0.39, 0.29) is 11.3 Å². The molecule has 0 saturated heterocycles. The zero-order valence-corrected chi connectivity index (χ0v) is 12.3. The van der Waals surface area contributed by atoms with Crippen molar-refractivity contribution in [2.45, 2.75) is 51.6 Å². The third-order valence-electron chi connectivity index (χ3n) is 3.79. The molecule has 2 N–H and O–H groups in total. The van der Waals surface area contributed by atoms with Gasteiger partial charge in [-0.3, -0.25) is 4.79 Å². The molecule has 4 nitrogen and oxygen atoms in total. The first-order chi connectivity index (χ1) is 8.25. The topological polar surface area (TPSA) is 52.6 Å². The number of hydrogen-bond donors (Lipinski definition) is 2. The molecule has 4 heteroatoms. The van der Waals surface area contributed by atoms with Crippen LogP contribution in [-0.2, 0) is 4.79 Å². The molecule has 0 bridgehead atoms. The maximum absolute atomic E-state index is 12.2. The molecule has 1 amide bonds. The standard InChI is InChI=1S/C14H28N2O2/c1-13(8-6-5-7-9-13)12(17)15-10-14(2,18)11-16(3)4/h18H,5-11H2,1-4H3,(H,15,17). The largest absolute Gasteiger partial charge is 0.387 e. The van der Waals surface area contributed by atoms with Gasteiger partial charge in [0, 0.05) is 18.5 Å². The number of carbonyl (C=O) groups excluding carboxylic acids is 1. The number of nitrogens with zero attached hydrogens (tertiary/aromatic N) is 1. The molecule has 1 unspecified atom stereocenters. The number of amides is 1. The summed E-state index contributed by atoms with van der Waals surface area (Å²) in [7, 11) is 3.83. The average Bonchev–Trinajstić information content (AvgIpc) is 2.25. The van der Waals surface area contributed by atoms with Gasteiger partial charge in [0.25, 0.3) is 0 Å². The number of carbonyl (C=O) groups is 1. The van der Waals surface area contributed by atoms with Crippen molar-refractivity contribution in [1.29, 1.82) is 0 Å². The average molecular weight is 256 g/mol. The molecule has 1 fully saturated rings. The summed E-state index contributed by atoms with van der Waals surface area (Å²) < 4.78 is 0. The fourth-order valence-electron chi connectivity index (χ4n) is 2.78. The van der Waals surface area contributed by atoms with E-state index in [1.807, 2.05) is 25.9 Å². The molecule has 1 aliphatic rings. The SMILES string of the molecule is CN(C)CC(C)(O)CNC(=O)C1(C)CCCCC1. The first-order valence-electron chi connectivity index (χ1n) is 6.91. The molecule has 106 valence electrons. The first kappa shape index (κ1) is 15.4. The maximum Gasteiger partial charge on any atom is 0.226 e. The molecule has 1 atom stereocenters. The van der Waals surface area contributed by atoms with Crippen molar-refractivity contribution in [3.8, 4) is 0 Å². The van der Waals surface area contributed by atoms with Gasteiger partial charge in [-0.15, -0.1) is 0 Å². The first-order valence-corrected chi connectivity index (χ1v) is 6.91. The molecular formula is C14H28N2O2. The van der Waals surface area contributed by atoms with E-state index in [1.165, 1.54) is 6.42 Å². The quantitative estimate of drug-likeness (QED) is 0.781. The summed E-state index contributed by atoms with van der Waals surface area (Å²) in [6.45, 7) is 4.67. The lowest BCUT2D eigenvalue weighted by atomic mass is 9.75. The van der Waals surface area contributed by atoms with Gasteiger partial charge in [0.1, 0.15) is 0 Å². The highest BCUT2D eigenvalue weighted by atomic mass is 16.3. The van der Waals surface area contributed by atoms with Gasteiger partial charge in [-0.05, 0) is 33.9 Å². The van der Waals surface area contributed by atoms with Gasteiger partial charge >= 0.3 is 0 Å². The molecule has 0 spiro atoms. The molecular weight excluding hydrogens is 228 g/mol. The summed E-state index contributed by atoms with van der Waals surface area (Å²) in [5, 5.41) is 13.1. The fraction of sp³-hybridized carbons (Fsp3) is 0.929. The highest BCUT2D eigenvalue weighted by Gasteiger charge is 2.35. The van der Waals surface area contributed by atoms with Crippen LogP contribution >= 0.6 is 0 Å².